The summed E-state index contributed by atoms with van der Waals surface area (Å²) in [5.41, 5.74) is 1.89. The Morgan fingerprint density at radius 3 is 1.56 bits per heavy atom. The average Bonchev–Trinajstić information content (AvgIpc) is 2.65. The maximum absolute atomic E-state index is 2.49. The topological polar surface area (TPSA) is 0 Å². The van der Waals surface area contributed by atoms with Crippen molar-refractivity contribution in [1.29, 1.82) is 0 Å². The van der Waals surface area contributed by atoms with E-state index in [1.165, 1.54) is 102 Å². The molecule has 0 N–H and O–H groups in total. The van der Waals surface area contributed by atoms with Gasteiger partial charge in [-0.05, 0) is 29.7 Å². The third kappa shape index (κ3) is 11.6. The van der Waals surface area contributed by atoms with E-state index in [2.05, 4.69) is 58.0 Å². The minimum absolute atomic E-state index is 0.354. The fraction of sp³-hybridized carbons (Fsp3) is 0.778. The number of rotatable bonds is 17. The van der Waals surface area contributed by atoms with E-state index in [0.717, 1.165) is 5.92 Å². The summed E-state index contributed by atoms with van der Waals surface area (Å²) in [5.74, 6) is 0.761. The van der Waals surface area contributed by atoms with Crippen molar-refractivity contribution in [2.24, 2.45) is 5.92 Å². The highest BCUT2D eigenvalue weighted by molar-refractivity contribution is 5.24. The predicted octanol–water partition coefficient (Wildman–Crippen LogP) is 9.47. The van der Waals surface area contributed by atoms with Gasteiger partial charge in [-0.25, -0.2) is 0 Å². The molecule has 0 aliphatic heterocycles. The average molecular weight is 373 g/mol. The molecule has 0 radical (unpaired) electrons. The summed E-state index contributed by atoms with van der Waals surface area (Å²) in [5, 5.41) is 0. The molecule has 27 heavy (non-hydrogen) atoms. The summed E-state index contributed by atoms with van der Waals surface area (Å²) < 4.78 is 0. The van der Waals surface area contributed by atoms with Gasteiger partial charge in [-0.15, -0.1) is 0 Å². The molecule has 0 spiro atoms. The first-order valence-corrected chi connectivity index (χ1v) is 12.1. The Balaban J connectivity index is 2.10. The Bertz CT molecular complexity index is 433. The third-order valence-corrected chi connectivity index (χ3v) is 6.16. The van der Waals surface area contributed by atoms with Crippen molar-refractivity contribution in [3.63, 3.8) is 0 Å². The van der Waals surface area contributed by atoms with Gasteiger partial charge in [-0.3, -0.25) is 0 Å². The summed E-state index contributed by atoms with van der Waals surface area (Å²) in [6.07, 6.45) is 21.3. The maximum atomic E-state index is 2.49. The summed E-state index contributed by atoms with van der Waals surface area (Å²) in [6, 6.07) is 11.2. The lowest BCUT2D eigenvalue weighted by Crippen LogP contribution is -2.24. The smallest absolute Gasteiger partial charge is 0.00728 e. The van der Waals surface area contributed by atoms with Gasteiger partial charge in [-0.2, -0.15) is 0 Å². The lowest BCUT2D eigenvalue weighted by atomic mass is 9.72. The highest BCUT2D eigenvalue weighted by atomic mass is 14.3. The van der Waals surface area contributed by atoms with Gasteiger partial charge in [0.2, 0.25) is 0 Å². The van der Waals surface area contributed by atoms with Crippen LogP contribution < -0.4 is 0 Å². The number of unbranched alkanes of at least 4 members (excludes halogenated alkanes) is 12. The molecular formula is C27H48. The Morgan fingerprint density at radius 2 is 1.11 bits per heavy atom. The van der Waals surface area contributed by atoms with Gasteiger partial charge in [-0.1, -0.05) is 141 Å². The van der Waals surface area contributed by atoms with Crippen molar-refractivity contribution in [2.45, 2.75) is 129 Å². The molecule has 0 aliphatic carbocycles. The lowest BCUT2D eigenvalue weighted by Gasteiger charge is -2.32. The van der Waals surface area contributed by atoms with Crippen LogP contribution in [0.5, 0.6) is 0 Å². The molecule has 0 aromatic heterocycles. The Labute approximate surface area is 171 Å². The molecule has 1 aromatic rings. The molecule has 156 valence electrons. The Morgan fingerprint density at radius 1 is 0.667 bits per heavy atom. The molecule has 0 bridgehead atoms. The van der Waals surface area contributed by atoms with Crippen LogP contribution >= 0.6 is 0 Å². The zero-order valence-electron chi connectivity index (χ0n) is 19.1. The van der Waals surface area contributed by atoms with E-state index in [9.17, 15) is 0 Å². The van der Waals surface area contributed by atoms with E-state index in [1.54, 1.807) is 0 Å². The van der Waals surface area contributed by atoms with Crippen LogP contribution in [0, 0.1) is 5.92 Å². The van der Waals surface area contributed by atoms with Gasteiger partial charge < -0.3 is 0 Å². The fourth-order valence-corrected chi connectivity index (χ4v) is 4.64. The van der Waals surface area contributed by atoms with E-state index in [-0.39, 0.29) is 0 Å². The lowest BCUT2D eigenvalue weighted by molar-refractivity contribution is 0.331. The van der Waals surface area contributed by atoms with Crippen LogP contribution in [0.15, 0.2) is 30.3 Å². The van der Waals surface area contributed by atoms with Crippen molar-refractivity contribution < 1.29 is 0 Å². The number of hydrogen-bond acceptors (Lipinski definition) is 0. The second kappa shape index (κ2) is 15.2. The van der Waals surface area contributed by atoms with E-state index < -0.39 is 0 Å². The SMILES string of the molecule is CCCCCCCCCCCCCCCC(C)(CC(C)C)c1ccccc1. The van der Waals surface area contributed by atoms with Crippen LogP contribution in [-0.4, -0.2) is 0 Å². The predicted molar refractivity (Wildman–Crippen MR) is 124 cm³/mol. The summed E-state index contributed by atoms with van der Waals surface area (Å²) in [4.78, 5) is 0. The number of benzene rings is 1. The Hall–Kier alpha value is -0.780. The van der Waals surface area contributed by atoms with Crippen LogP contribution in [-0.2, 0) is 5.41 Å². The quantitative estimate of drug-likeness (QED) is 0.239. The van der Waals surface area contributed by atoms with Gasteiger partial charge in [0, 0.05) is 0 Å². The largest absolute Gasteiger partial charge is 0.0654 e. The summed E-state index contributed by atoms with van der Waals surface area (Å²) in [7, 11) is 0. The van der Waals surface area contributed by atoms with Crippen LogP contribution in [0.1, 0.15) is 130 Å². The first kappa shape index (κ1) is 24.3. The van der Waals surface area contributed by atoms with Crippen LogP contribution in [0.4, 0.5) is 0 Å². The van der Waals surface area contributed by atoms with Gasteiger partial charge in [0.15, 0.2) is 0 Å². The van der Waals surface area contributed by atoms with Gasteiger partial charge >= 0.3 is 0 Å². The summed E-state index contributed by atoms with van der Waals surface area (Å²) >= 11 is 0. The zero-order valence-corrected chi connectivity index (χ0v) is 19.1. The van der Waals surface area contributed by atoms with Crippen molar-refractivity contribution >= 4 is 0 Å². The molecule has 0 fully saturated rings. The number of hydrogen-bond donors (Lipinski definition) is 0. The Kier molecular flexibility index (Phi) is 13.6. The highest BCUT2D eigenvalue weighted by Gasteiger charge is 2.26. The molecular weight excluding hydrogens is 324 g/mol. The minimum Gasteiger partial charge on any atom is -0.0654 e. The van der Waals surface area contributed by atoms with Crippen molar-refractivity contribution in [3.05, 3.63) is 35.9 Å². The monoisotopic (exact) mass is 372 g/mol. The standard InChI is InChI=1S/C27H48/c1-5-6-7-8-9-10-11-12-13-14-15-16-20-23-27(4,24-25(2)3)26-21-18-17-19-22-26/h17-19,21-22,25H,5-16,20,23-24H2,1-4H3. The van der Waals surface area contributed by atoms with Crippen LogP contribution in [0.2, 0.25) is 0 Å². The molecule has 0 heterocycles. The van der Waals surface area contributed by atoms with E-state index in [4.69, 9.17) is 0 Å². The fourth-order valence-electron chi connectivity index (χ4n) is 4.64. The molecule has 0 amide bonds. The highest BCUT2D eigenvalue weighted by Crippen LogP contribution is 2.36. The van der Waals surface area contributed by atoms with Gasteiger partial charge in [0.25, 0.3) is 0 Å². The molecule has 1 unspecified atom stereocenters. The van der Waals surface area contributed by atoms with Crippen LogP contribution in [0.25, 0.3) is 0 Å². The maximum Gasteiger partial charge on any atom is -0.00728 e. The molecule has 1 rings (SSSR count). The molecule has 0 saturated heterocycles. The minimum atomic E-state index is 0.354. The van der Waals surface area contributed by atoms with Gasteiger partial charge in [0.05, 0.1) is 0 Å². The van der Waals surface area contributed by atoms with Crippen molar-refractivity contribution in [3.8, 4) is 0 Å². The first-order chi connectivity index (χ1) is 13.1. The molecule has 1 aromatic carbocycles. The molecule has 1 atom stereocenters. The van der Waals surface area contributed by atoms with E-state index in [0.29, 0.717) is 5.41 Å². The molecule has 0 saturated carbocycles. The van der Waals surface area contributed by atoms with E-state index in [1.807, 2.05) is 0 Å². The molecule has 0 heteroatoms. The van der Waals surface area contributed by atoms with Crippen molar-refractivity contribution in [1.82, 2.24) is 0 Å². The zero-order chi connectivity index (χ0) is 19.8. The first-order valence-electron chi connectivity index (χ1n) is 12.1. The molecule has 0 aliphatic rings. The van der Waals surface area contributed by atoms with Gasteiger partial charge in [0.1, 0.15) is 0 Å². The van der Waals surface area contributed by atoms with Crippen molar-refractivity contribution in [2.75, 3.05) is 0 Å². The molecule has 0 nitrogen and oxygen atoms in total. The van der Waals surface area contributed by atoms with E-state index >= 15 is 0 Å². The van der Waals surface area contributed by atoms with Crippen LogP contribution in [0.3, 0.4) is 0 Å². The third-order valence-electron chi connectivity index (χ3n) is 6.16. The summed E-state index contributed by atoms with van der Waals surface area (Å²) in [6.45, 7) is 9.52. The normalized spacial score (nSPS) is 13.8. The second-order valence-corrected chi connectivity index (χ2v) is 9.52. The second-order valence-electron chi connectivity index (χ2n) is 9.52.